The van der Waals surface area contributed by atoms with Gasteiger partial charge in [0, 0.05) is 26.7 Å². The maximum Gasteiger partial charge on any atom is 0.281 e. The van der Waals surface area contributed by atoms with E-state index in [1.165, 1.54) is 4.31 Å². The summed E-state index contributed by atoms with van der Waals surface area (Å²) >= 11 is 0. The molecule has 0 aliphatic carbocycles. The summed E-state index contributed by atoms with van der Waals surface area (Å²) in [5, 5.41) is 3.44. The van der Waals surface area contributed by atoms with Gasteiger partial charge >= 0.3 is 0 Å². The summed E-state index contributed by atoms with van der Waals surface area (Å²) < 4.78 is 28.2. The highest BCUT2D eigenvalue weighted by molar-refractivity contribution is 7.86. The van der Waals surface area contributed by atoms with Gasteiger partial charge in [0.05, 0.1) is 0 Å². The lowest BCUT2D eigenvalue weighted by Gasteiger charge is -2.34. The third-order valence-corrected chi connectivity index (χ3v) is 6.16. The van der Waals surface area contributed by atoms with E-state index in [0.717, 1.165) is 38.8 Å². The molecule has 0 atom stereocenters. The normalized spacial score (nSPS) is 18.8. The monoisotopic (exact) mass is 319 g/mol. The minimum absolute atomic E-state index is 0.526. The van der Waals surface area contributed by atoms with E-state index in [0.29, 0.717) is 31.5 Å². The zero-order valence-electron chi connectivity index (χ0n) is 14.1. The Morgan fingerprint density at radius 1 is 1.29 bits per heavy atom. The number of rotatable bonds is 9. The molecule has 1 fully saturated rings. The van der Waals surface area contributed by atoms with Crippen molar-refractivity contribution < 1.29 is 8.42 Å². The molecular weight excluding hydrogens is 286 g/mol. The van der Waals surface area contributed by atoms with Gasteiger partial charge < -0.3 is 5.32 Å². The summed E-state index contributed by atoms with van der Waals surface area (Å²) in [7, 11) is -1.56. The van der Waals surface area contributed by atoms with E-state index >= 15 is 0 Å². The fourth-order valence-corrected chi connectivity index (χ4v) is 3.98. The molecule has 1 aliphatic heterocycles. The van der Waals surface area contributed by atoms with E-state index in [4.69, 9.17) is 0 Å². The van der Waals surface area contributed by atoms with Crippen molar-refractivity contribution in [2.24, 2.45) is 11.8 Å². The maximum atomic E-state index is 12.5. The molecule has 0 aromatic carbocycles. The molecule has 1 saturated heterocycles. The quantitative estimate of drug-likeness (QED) is 0.661. The van der Waals surface area contributed by atoms with Crippen LogP contribution in [0.15, 0.2) is 0 Å². The molecule has 0 aromatic rings. The van der Waals surface area contributed by atoms with Crippen LogP contribution in [0.25, 0.3) is 0 Å². The van der Waals surface area contributed by atoms with Crippen molar-refractivity contribution >= 4 is 10.2 Å². The third kappa shape index (κ3) is 6.22. The van der Waals surface area contributed by atoms with E-state index in [2.05, 4.69) is 26.1 Å². The van der Waals surface area contributed by atoms with E-state index in [1.807, 2.05) is 0 Å². The van der Waals surface area contributed by atoms with Gasteiger partial charge in [0.1, 0.15) is 0 Å². The molecule has 0 saturated carbocycles. The topological polar surface area (TPSA) is 52.7 Å². The van der Waals surface area contributed by atoms with Crippen molar-refractivity contribution in [3.63, 3.8) is 0 Å². The fourth-order valence-electron chi connectivity index (χ4n) is 2.58. The van der Waals surface area contributed by atoms with Crippen molar-refractivity contribution in [1.82, 2.24) is 13.9 Å². The molecule has 1 heterocycles. The molecule has 0 aromatic heterocycles. The average molecular weight is 320 g/mol. The van der Waals surface area contributed by atoms with Gasteiger partial charge in [-0.25, -0.2) is 0 Å². The van der Waals surface area contributed by atoms with Gasteiger partial charge in [-0.2, -0.15) is 17.0 Å². The number of nitrogens with zero attached hydrogens (tertiary/aromatic N) is 2. The number of hydrogen-bond donors (Lipinski definition) is 1. The van der Waals surface area contributed by atoms with Crippen molar-refractivity contribution in [2.45, 2.75) is 46.5 Å². The molecule has 0 unspecified atom stereocenters. The Bertz CT molecular complexity index is 376. The number of nitrogens with one attached hydrogen (secondary N) is 1. The van der Waals surface area contributed by atoms with Crippen LogP contribution in [-0.2, 0) is 10.2 Å². The lowest BCUT2D eigenvalue weighted by atomic mass is 9.98. The van der Waals surface area contributed by atoms with Gasteiger partial charge in [0.15, 0.2) is 0 Å². The van der Waals surface area contributed by atoms with E-state index < -0.39 is 10.2 Å². The third-order valence-electron chi connectivity index (χ3n) is 4.17. The molecule has 0 radical (unpaired) electrons. The van der Waals surface area contributed by atoms with Gasteiger partial charge in [-0.3, -0.25) is 0 Å². The SMILES string of the molecule is CCCNCC1CCN(S(=O)(=O)N(C)CCC(C)C)CC1. The van der Waals surface area contributed by atoms with Crippen molar-refractivity contribution in [3.05, 3.63) is 0 Å². The summed E-state index contributed by atoms with van der Waals surface area (Å²) in [5.41, 5.74) is 0. The lowest BCUT2D eigenvalue weighted by molar-refractivity contribution is 0.252. The fraction of sp³-hybridized carbons (Fsp3) is 1.00. The Balaban J connectivity index is 2.41. The van der Waals surface area contributed by atoms with Crippen molar-refractivity contribution in [1.29, 1.82) is 0 Å². The van der Waals surface area contributed by atoms with Crippen LogP contribution in [0.1, 0.15) is 46.5 Å². The molecule has 0 amide bonds. The summed E-state index contributed by atoms with van der Waals surface area (Å²) in [6.45, 7) is 10.4. The van der Waals surface area contributed by atoms with Crippen LogP contribution < -0.4 is 5.32 Å². The van der Waals surface area contributed by atoms with Crippen LogP contribution in [0, 0.1) is 11.8 Å². The van der Waals surface area contributed by atoms with Crippen LogP contribution in [0.3, 0.4) is 0 Å². The Labute approximate surface area is 131 Å². The molecule has 1 rings (SSSR count). The molecule has 21 heavy (non-hydrogen) atoms. The molecule has 1 aliphatic rings. The Kier molecular flexibility index (Phi) is 8.16. The highest BCUT2D eigenvalue weighted by atomic mass is 32.2. The zero-order chi connectivity index (χ0) is 15.9. The summed E-state index contributed by atoms with van der Waals surface area (Å²) in [5.74, 6) is 1.14. The van der Waals surface area contributed by atoms with Crippen molar-refractivity contribution in [3.8, 4) is 0 Å². The predicted molar refractivity (Wildman–Crippen MR) is 88.5 cm³/mol. The summed E-state index contributed by atoms with van der Waals surface area (Å²) in [6.07, 6.45) is 3.99. The molecule has 126 valence electrons. The first-order valence-corrected chi connectivity index (χ1v) is 9.69. The van der Waals surface area contributed by atoms with Crippen LogP contribution >= 0.6 is 0 Å². The first kappa shape index (κ1) is 18.9. The number of hydrogen-bond acceptors (Lipinski definition) is 3. The van der Waals surface area contributed by atoms with Gasteiger partial charge in [-0.1, -0.05) is 20.8 Å². The minimum Gasteiger partial charge on any atom is -0.316 e. The second-order valence-corrected chi connectivity index (χ2v) is 8.59. The predicted octanol–water partition coefficient (Wildman–Crippen LogP) is 1.92. The maximum absolute atomic E-state index is 12.5. The van der Waals surface area contributed by atoms with Gasteiger partial charge in [-0.05, 0) is 50.6 Å². The van der Waals surface area contributed by atoms with Crippen LogP contribution in [0.5, 0.6) is 0 Å². The van der Waals surface area contributed by atoms with Gasteiger partial charge in [0.25, 0.3) is 10.2 Å². The van der Waals surface area contributed by atoms with Crippen LogP contribution in [0.2, 0.25) is 0 Å². The minimum atomic E-state index is -3.26. The van der Waals surface area contributed by atoms with Crippen LogP contribution in [0.4, 0.5) is 0 Å². The number of piperidine rings is 1. The van der Waals surface area contributed by atoms with Gasteiger partial charge in [-0.15, -0.1) is 0 Å². The van der Waals surface area contributed by atoms with E-state index in [1.54, 1.807) is 11.4 Å². The Morgan fingerprint density at radius 2 is 1.90 bits per heavy atom. The molecule has 0 bridgehead atoms. The first-order valence-electron chi connectivity index (χ1n) is 8.30. The molecule has 0 spiro atoms. The van der Waals surface area contributed by atoms with Crippen molar-refractivity contribution in [2.75, 3.05) is 39.8 Å². The van der Waals surface area contributed by atoms with E-state index in [9.17, 15) is 8.42 Å². The standard InChI is InChI=1S/C15H33N3O2S/c1-5-9-16-13-15-7-11-18(12-8-15)21(19,20)17(4)10-6-14(2)3/h14-16H,5-13H2,1-4H3. The highest BCUT2D eigenvalue weighted by Gasteiger charge is 2.30. The zero-order valence-corrected chi connectivity index (χ0v) is 15.0. The Morgan fingerprint density at radius 3 is 2.43 bits per heavy atom. The summed E-state index contributed by atoms with van der Waals surface area (Å²) in [4.78, 5) is 0. The smallest absolute Gasteiger partial charge is 0.281 e. The molecule has 6 heteroatoms. The Hall–Kier alpha value is -0.170. The summed E-state index contributed by atoms with van der Waals surface area (Å²) in [6, 6.07) is 0. The van der Waals surface area contributed by atoms with Gasteiger partial charge in [0.2, 0.25) is 0 Å². The molecule has 1 N–H and O–H groups in total. The highest BCUT2D eigenvalue weighted by Crippen LogP contribution is 2.20. The average Bonchev–Trinajstić information content (AvgIpc) is 2.45. The largest absolute Gasteiger partial charge is 0.316 e. The van der Waals surface area contributed by atoms with Crippen LogP contribution in [-0.4, -0.2) is 56.8 Å². The second-order valence-electron chi connectivity index (χ2n) is 6.56. The van der Waals surface area contributed by atoms with E-state index in [-0.39, 0.29) is 0 Å². The lowest BCUT2D eigenvalue weighted by Crippen LogP contribution is -2.47. The molecular formula is C15H33N3O2S. The second kappa shape index (κ2) is 9.08. The first-order chi connectivity index (χ1) is 9.87. The molecule has 5 nitrogen and oxygen atoms in total.